The van der Waals surface area contributed by atoms with Crippen molar-refractivity contribution >= 4 is 27.3 Å². The standard InChI is InChI=1S/C10H15NO6S2/c1-2-10(5-12,6-13)11-19(16,17)8-3-7(4-18-8)9(14)15/h3-4,11-13H,2,5-6H2,1H3,(H,14,15). The number of carboxylic acids is 1. The summed E-state index contributed by atoms with van der Waals surface area (Å²) in [4.78, 5) is 10.7. The third-order valence-electron chi connectivity index (χ3n) is 2.72. The second-order valence-corrected chi connectivity index (χ2v) is 6.84. The molecule has 0 amide bonds. The predicted molar refractivity (Wildman–Crippen MR) is 68.8 cm³/mol. The Morgan fingerprint density at radius 1 is 1.42 bits per heavy atom. The molecule has 0 unspecified atom stereocenters. The third kappa shape index (κ3) is 3.51. The molecule has 9 heteroatoms. The molecular formula is C10H15NO6S2. The van der Waals surface area contributed by atoms with Crippen molar-refractivity contribution in [2.45, 2.75) is 23.1 Å². The zero-order valence-corrected chi connectivity index (χ0v) is 11.8. The zero-order valence-electron chi connectivity index (χ0n) is 10.2. The summed E-state index contributed by atoms with van der Waals surface area (Å²) in [6.45, 7) is 0.499. The van der Waals surface area contributed by atoms with Crippen molar-refractivity contribution in [2.24, 2.45) is 0 Å². The number of aliphatic hydroxyl groups excluding tert-OH is 2. The molecule has 1 heterocycles. The van der Waals surface area contributed by atoms with Gasteiger partial charge in [-0.25, -0.2) is 13.2 Å². The molecule has 0 aliphatic carbocycles. The van der Waals surface area contributed by atoms with Gasteiger partial charge in [-0.2, -0.15) is 4.72 Å². The summed E-state index contributed by atoms with van der Waals surface area (Å²) in [6.07, 6.45) is 0.191. The van der Waals surface area contributed by atoms with E-state index in [2.05, 4.69) is 4.72 Å². The summed E-state index contributed by atoms with van der Waals surface area (Å²) in [5.74, 6) is -1.22. The van der Waals surface area contributed by atoms with Crippen LogP contribution >= 0.6 is 11.3 Å². The lowest BCUT2D eigenvalue weighted by atomic mass is 10.0. The Kier molecular flexibility index (Phi) is 5.04. The van der Waals surface area contributed by atoms with Gasteiger partial charge in [0.25, 0.3) is 10.0 Å². The van der Waals surface area contributed by atoms with Gasteiger partial charge >= 0.3 is 5.97 Å². The van der Waals surface area contributed by atoms with Crippen LogP contribution in [-0.4, -0.2) is 48.5 Å². The number of aliphatic hydroxyl groups is 2. The molecule has 0 radical (unpaired) electrons. The van der Waals surface area contributed by atoms with E-state index >= 15 is 0 Å². The first-order valence-corrected chi connectivity index (χ1v) is 7.74. The molecule has 1 aromatic heterocycles. The molecule has 0 saturated carbocycles. The smallest absolute Gasteiger partial charge is 0.336 e. The molecule has 1 rings (SSSR count). The molecule has 0 spiro atoms. The normalized spacial score (nSPS) is 12.6. The van der Waals surface area contributed by atoms with Gasteiger partial charge in [-0.05, 0) is 12.5 Å². The van der Waals surface area contributed by atoms with Crippen molar-refractivity contribution in [3.05, 3.63) is 17.0 Å². The van der Waals surface area contributed by atoms with Crippen LogP contribution < -0.4 is 4.72 Å². The largest absolute Gasteiger partial charge is 0.478 e. The highest BCUT2D eigenvalue weighted by molar-refractivity contribution is 7.91. The summed E-state index contributed by atoms with van der Waals surface area (Å²) in [6, 6.07) is 1.03. The first-order chi connectivity index (χ1) is 8.80. The van der Waals surface area contributed by atoms with Crippen molar-refractivity contribution in [3.63, 3.8) is 0 Å². The Labute approximate surface area is 114 Å². The van der Waals surface area contributed by atoms with Gasteiger partial charge in [-0.1, -0.05) is 6.92 Å². The number of carboxylic acid groups (broad SMARTS) is 1. The fourth-order valence-electron chi connectivity index (χ4n) is 1.32. The van der Waals surface area contributed by atoms with E-state index in [4.69, 9.17) is 5.11 Å². The number of thiophene rings is 1. The Morgan fingerprint density at radius 3 is 2.37 bits per heavy atom. The van der Waals surface area contributed by atoms with E-state index in [0.29, 0.717) is 0 Å². The Hall–Kier alpha value is -1.00. The van der Waals surface area contributed by atoms with Crippen molar-refractivity contribution in [1.82, 2.24) is 4.72 Å². The van der Waals surface area contributed by atoms with Gasteiger partial charge in [0, 0.05) is 5.38 Å². The maximum atomic E-state index is 12.0. The highest BCUT2D eigenvalue weighted by atomic mass is 32.2. The maximum Gasteiger partial charge on any atom is 0.336 e. The van der Waals surface area contributed by atoms with Crippen molar-refractivity contribution < 1.29 is 28.5 Å². The maximum absolute atomic E-state index is 12.0. The fraction of sp³-hybridized carbons (Fsp3) is 0.500. The van der Waals surface area contributed by atoms with E-state index in [0.717, 1.165) is 17.4 Å². The van der Waals surface area contributed by atoms with Crippen LogP contribution in [0.4, 0.5) is 0 Å². The molecule has 0 aromatic carbocycles. The molecule has 19 heavy (non-hydrogen) atoms. The van der Waals surface area contributed by atoms with Crippen LogP contribution in [0.1, 0.15) is 23.7 Å². The van der Waals surface area contributed by atoms with Gasteiger partial charge in [0.15, 0.2) is 0 Å². The summed E-state index contributed by atoms with van der Waals surface area (Å²) in [7, 11) is -3.98. The van der Waals surface area contributed by atoms with Gasteiger partial charge < -0.3 is 15.3 Å². The van der Waals surface area contributed by atoms with Crippen LogP contribution in [-0.2, 0) is 10.0 Å². The number of hydrogen-bond donors (Lipinski definition) is 4. The van der Waals surface area contributed by atoms with Crippen molar-refractivity contribution in [2.75, 3.05) is 13.2 Å². The van der Waals surface area contributed by atoms with Gasteiger partial charge in [0.2, 0.25) is 0 Å². The quantitative estimate of drug-likeness (QED) is 0.555. The number of rotatable bonds is 7. The number of aromatic carboxylic acids is 1. The van der Waals surface area contributed by atoms with E-state index in [-0.39, 0.29) is 16.2 Å². The first-order valence-electron chi connectivity index (χ1n) is 5.38. The molecule has 0 aliphatic rings. The topological polar surface area (TPSA) is 124 Å². The molecule has 0 saturated heterocycles. The lowest BCUT2D eigenvalue weighted by molar-refractivity contribution is 0.0697. The number of carbonyl (C=O) groups is 1. The fourth-order valence-corrected chi connectivity index (χ4v) is 3.92. The molecular weight excluding hydrogens is 294 g/mol. The second-order valence-electron chi connectivity index (χ2n) is 4.02. The van der Waals surface area contributed by atoms with Gasteiger partial charge in [0.05, 0.1) is 24.3 Å². The van der Waals surface area contributed by atoms with Gasteiger partial charge in [0.1, 0.15) is 4.21 Å². The number of nitrogens with one attached hydrogen (secondary N) is 1. The number of hydrogen-bond acceptors (Lipinski definition) is 6. The van der Waals surface area contributed by atoms with E-state index in [1.807, 2.05) is 0 Å². The summed E-state index contributed by atoms with van der Waals surface area (Å²) in [5, 5.41) is 28.4. The first kappa shape index (κ1) is 16.1. The second kappa shape index (κ2) is 5.97. The van der Waals surface area contributed by atoms with Gasteiger partial charge in [-0.15, -0.1) is 11.3 Å². The Morgan fingerprint density at radius 2 is 2.00 bits per heavy atom. The minimum absolute atomic E-state index is 0.125. The molecule has 0 aliphatic heterocycles. The van der Waals surface area contributed by atoms with Crippen LogP contribution in [0.2, 0.25) is 0 Å². The van der Waals surface area contributed by atoms with Crippen molar-refractivity contribution in [3.8, 4) is 0 Å². The average molecular weight is 309 g/mol. The molecule has 4 N–H and O–H groups in total. The lowest BCUT2D eigenvalue weighted by Gasteiger charge is -2.28. The minimum Gasteiger partial charge on any atom is -0.478 e. The zero-order chi connectivity index (χ0) is 14.7. The van der Waals surface area contributed by atoms with E-state index in [9.17, 15) is 23.4 Å². The Balaban J connectivity index is 3.06. The van der Waals surface area contributed by atoms with Crippen LogP contribution in [0.3, 0.4) is 0 Å². The Bertz CT molecular complexity index is 538. The molecule has 0 bridgehead atoms. The summed E-state index contributed by atoms with van der Waals surface area (Å²) in [5.41, 5.74) is -1.48. The minimum atomic E-state index is -3.98. The van der Waals surface area contributed by atoms with Crippen LogP contribution in [0, 0.1) is 0 Å². The molecule has 108 valence electrons. The monoisotopic (exact) mass is 309 g/mol. The van der Waals surface area contributed by atoms with E-state index < -0.39 is 34.7 Å². The highest BCUT2D eigenvalue weighted by Gasteiger charge is 2.33. The van der Waals surface area contributed by atoms with Crippen LogP contribution in [0.25, 0.3) is 0 Å². The van der Waals surface area contributed by atoms with Crippen LogP contribution in [0.5, 0.6) is 0 Å². The number of sulfonamides is 1. The van der Waals surface area contributed by atoms with Crippen molar-refractivity contribution in [1.29, 1.82) is 0 Å². The lowest BCUT2D eigenvalue weighted by Crippen LogP contribution is -2.53. The summed E-state index contributed by atoms with van der Waals surface area (Å²) >= 11 is 0.762. The molecule has 0 atom stereocenters. The predicted octanol–water partition coefficient (Wildman–Crippen LogP) is -0.142. The molecule has 0 fully saturated rings. The summed E-state index contributed by atoms with van der Waals surface area (Å²) < 4.78 is 26.1. The van der Waals surface area contributed by atoms with E-state index in [1.165, 1.54) is 5.38 Å². The average Bonchev–Trinajstić information content (AvgIpc) is 2.86. The highest BCUT2D eigenvalue weighted by Crippen LogP contribution is 2.22. The third-order valence-corrected chi connectivity index (χ3v) is 5.74. The van der Waals surface area contributed by atoms with Gasteiger partial charge in [-0.3, -0.25) is 0 Å². The van der Waals surface area contributed by atoms with E-state index in [1.54, 1.807) is 6.92 Å². The molecule has 7 nitrogen and oxygen atoms in total. The SMILES string of the molecule is CCC(CO)(CO)NS(=O)(=O)c1cc(C(=O)O)cs1. The molecule has 1 aromatic rings. The van der Waals surface area contributed by atoms with Crippen LogP contribution in [0.15, 0.2) is 15.7 Å².